The third kappa shape index (κ3) is 2.62. The van der Waals surface area contributed by atoms with Crippen molar-refractivity contribution in [1.82, 2.24) is 14.8 Å². The molecule has 0 bridgehead atoms. The standard InChI is InChI=1S/C16H15ClN4O/c17-13-7-4-3-6-11(13)15(22)12(10-18)16-20-19-14-8-2-1-5-9-21(14)16/h3-4,6-7,12H,1-2,5,8-9H2. The first-order valence-electron chi connectivity index (χ1n) is 7.32. The Morgan fingerprint density at radius 3 is 2.86 bits per heavy atom. The van der Waals surface area contributed by atoms with Crippen LogP contribution in [-0.4, -0.2) is 20.5 Å². The molecule has 2 aromatic rings. The molecule has 2 heterocycles. The molecular formula is C16H15ClN4O. The summed E-state index contributed by atoms with van der Waals surface area (Å²) in [5, 5.41) is 18.1. The van der Waals surface area contributed by atoms with Gasteiger partial charge in [0, 0.05) is 18.5 Å². The van der Waals surface area contributed by atoms with Gasteiger partial charge in [-0.15, -0.1) is 10.2 Å². The van der Waals surface area contributed by atoms with E-state index in [9.17, 15) is 10.1 Å². The monoisotopic (exact) mass is 314 g/mol. The zero-order chi connectivity index (χ0) is 15.5. The summed E-state index contributed by atoms with van der Waals surface area (Å²) in [7, 11) is 0. The minimum atomic E-state index is -0.973. The number of fused-ring (bicyclic) bond motifs is 1. The van der Waals surface area contributed by atoms with Gasteiger partial charge in [0.2, 0.25) is 0 Å². The SMILES string of the molecule is N#CC(C(=O)c1ccccc1Cl)c1nnc2n1CCCCC2. The first-order chi connectivity index (χ1) is 10.7. The lowest BCUT2D eigenvalue weighted by Crippen LogP contribution is -2.18. The highest BCUT2D eigenvalue weighted by molar-refractivity contribution is 6.34. The van der Waals surface area contributed by atoms with Crippen LogP contribution in [0, 0.1) is 11.3 Å². The summed E-state index contributed by atoms with van der Waals surface area (Å²) >= 11 is 6.08. The average Bonchev–Trinajstić information content (AvgIpc) is 2.77. The van der Waals surface area contributed by atoms with E-state index in [1.807, 2.05) is 4.57 Å². The number of rotatable bonds is 3. The fourth-order valence-electron chi connectivity index (χ4n) is 2.77. The molecule has 0 spiro atoms. The van der Waals surface area contributed by atoms with Crippen LogP contribution in [0.25, 0.3) is 0 Å². The molecule has 1 aliphatic rings. The maximum absolute atomic E-state index is 12.7. The van der Waals surface area contributed by atoms with Crippen LogP contribution < -0.4 is 0 Å². The molecule has 1 atom stereocenters. The number of halogens is 1. The second-order valence-electron chi connectivity index (χ2n) is 5.34. The van der Waals surface area contributed by atoms with Gasteiger partial charge < -0.3 is 4.57 Å². The molecule has 0 fully saturated rings. The summed E-state index contributed by atoms with van der Waals surface area (Å²) < 4.78 is 1.93. The first kappa shape index (κ1) is 14.7. The molecule has 0 saturated carbocycles. The number of benzene rings is 1. The summed E-state index contributed by atoms with van der Waals surface area (Å²) in [6.07, 6.45) is 4.04. The third-order valence-electron chi connectivity index (χ3n) is 3.93. The van der Waals surface area contributed by atoms with Crippen LogP contribution in [0.3, 0.4) is 0 Å². The molecule has 1 unspecified atom stereocenters. The maximum atomic E-state index is 12.7. The Hall–Kier alpha value is -2.19. The van der Waals surface area contributed by atoms with E-state index in [0.717, 1.165) is 38.1 Å². The molecular weight excluding hydrogens is 300 g/mol. The van der Waals surface area contributed by atoms with Crippen LogP contribution in [0.4, 0.5) is 0 Å². The predicted molar refractivity (Wildman–Crippen MR) is 81.7 cm³/mol. The van der Waals surface area contributed by atoms with Crippen molar-refractivity contribution in [3.05, 3.63) is 46.5 Å². The number of nitriles is 1. The highest BCUT2D eigenvalue weighted by Gasteiger charge is 2.29. The van der Waals surface area contributed by atoms with Gasteiger partial charge in [0.15, 0.2) is 17.5 Å². The van der Waals surface area contributed by atoms with Crippen LogP contribution >= 0.6 is 11.6 Å². The number of nitrogens with zero attached hydrogens (tertiary/aromatic N) is 4. The molecule has 0 saturated heterocycles. The molecule has 6 heteroatoms. The van der Waals surface area contributed by atoms with Gasteiger partial charge in [-0.3, -0.25) is 4.79 Å². The van der Waals surface area contributed by atoms with Gasteiger partial charge >= 0.3 is 0 Å². The van der Waals surface area contributed by atoms with E-state index in [0.29, 0.717) is 16.4 Å². The highest BCUT2D eigenvalue weighted by atomic mass is 35.5. The lowest BCUT2D eigenvalue weighted by atomic mass is 9.98. The summed E-state index contributed by atoms with van der Waals surface area (Å²) in [6.45, 7) is 0.756. The van der Waals surface area contributed by atoms with Crippen LogP contribution in [0.1, 0.15) is 47.2 Å². The topological polar surface area (TPSA) is 71.6 Å². The predicted octanol–water partition coefficient (Wildman–Crippen LogP) is 3.15. The fraction of sp³-hybridized carbons (Fsp3) is 0.375. The molecule has 1 aromatic heterocycles. The number of carbonyl (C=O) groups excluding carboxylic acids is 1. The quantitative estimate of drug-likeness (QED) is 0.816. The number of carbonyl (C=O) groups is 1. The zero-order valence-electron chi connectivity index (χ0n) is 12.0. The van der Waals surface area contributed by atoms with Crippen molar-refractivity contribution in [2.75, 3.05) is 0 Å². The maximum Gasteiger partial charge on any atom is 0.189 e. The summed E-state index contributed by atoms with van der Waals surface area (Å²) in [4.78, 5) is 12.7. The molecule has 0 radical (unpaired) electrons. The van der Waals surface area contributed by atoms with Crippen molar-refractivity contribution in [2.24, 2.45) is 0 Å². The van der Waals surface area contributed by atoms with Crippen molar-refractivity contribution in [2.45, 2.75) is 38.1 Å². The van der Waals surface area contributed by atoms with E-state index in [1.165, 1.54) is 0 Å². The van der Waals surface area contributed by atoms with Crippen molar-refractivity contribution in [3.8, 4) is 6.07 Å². The molecule has 0 aliphatic carbocycles. The molecule has 5 nitrogen and oxygen atoms in total. The van der Waals surface area contributed by atoms with Crippen LogP contribution in [0.15, 0.2) is 24.3 Å². The summed E-state index contributed by atoms with van der Waals surface area (Å²) in [6, 6.07) is 8.84. The minimum absolute atomic E-state index is 0.326. The number of aromatic nitrogens is 3. The zero-order valence-corrected chi connectivity index (χ0v) is 12.8. The molecule has 112 valence electrons. The number of hydrogen-bond acceptors (Lipinski definition) is 4. The Morgan fingerprint density at radius 2 is 2.09 bits per heavy atom. The van der Waals surface area contributed by atoms with Gasteiger partial charge in [-0.05, 0) is 25.0 Å². The van der Waals surface area contributed by atoms with Crippen LogP contribution in [-0.2, 0) is 13.0 Å². The second kappa shape index (κ2) is 6.29. The molecule has 0 N–H and O–H groups in total. The Balaban J connectivity index is 1.99. The van der Waals surface area contributed by atoms with Crippen LogP contribution in [0.2, 0.25) is 5.02 Å². The fourth-order valence-corrected chi connectivity index (χ4v) is 3.00. The Bertz CT molecular complexity index is 747. The van der Waals surface area contributed by atoms with Gasteiger partial charge in [0.1, 0.15) is 5.82 Å². The molecule has 1 aromatic carbocycles. The molecule has 1 aliphatic heterocycles. The van der Waals surface area contributed by atoms with E-state index in [4.69, 9.17) is 11.6 Å². The van der Waals surface area contributed by atoms with Crippen LogP contribution in [0.5, 0.6) is 0 Å². The Kier molecular flexibility index (Phi) is 4.21. The summed E-state index contributed by atoms with van der Waals surface area (Å²) in [5.41, 5.74) is 0.349. The van der Waals surface area contributed by atoms with Gasteiger partial charge in [-0.2, -0.15) is 5.26 Å². The van der Waals surface area contributed by atoms with Gasteiger partial charge in [0.25, 0.3) is 0 Å². The van der Waals surface area contributed by atoms with Gasteiger partial charge in [-0.25, -0.2) is 0 Å². The van der Waals surface area contributed by atoms with Crippen molar-refractivity contribution in [1.29, 1.82) is 5.26 Å². The largest absolute Gasteiger partial charge is 0.313 e. The smallest absolute Gasteiger partial charge is 0.189 e. The number of ketones is 1. The van der Waals surface area contributed by atoms with Crippen molar-refractivity contribution in [3.63, 3.8) is 0 Å². The average molecular weight is 315 g/mol. The Morgan fingerprint density at radius 1 is 1.27 bits per heavy atom. The molecule has 0 amide bonds. The summed E-state index contributed by atoms with van der Waals surface area (Å²) in [5.74, 6) is -0.00387. The Labute approximate surface area is 133 Å². The number of Topliss-reactive ketones (excluding diaryl/α,β-unsaturated/α-hetero) is 1. The number of hydrogen-bond donors (Lipinski definition) is 0. The van der Waals surface area contributed by atoms with Crippen molar-refractivity contribution >= 4 is 17.4 Å². The lowest BCUT2D eigenvalue weighted by Gasteiger charge is -2.11. The third-order valence-corrected chi connectivity index (χ3v) is 4.26. The first-order valence-corrected chi connectivity index (χ1v) is 7.70. The lowest BCUT2D eigenvalue weighted by molar-refractivity contribution is 0.0975. The van der Waals surface area contributed by atoms with E-state index < -0.39 is 5.92 Å². The van der Waals surface area contributed by atoms with Gasteiger partial charge in [-0.1, -0.05) is 30.2 Å². The van der Waals surface area contributed by atoms with Gasteiger partial charge in [0.05, 0.1) is 11.1 Å². The van der Waals surface area contributed by atoms with E-state index in [-0.39, 0.29) is 5.78 Å². The minimum Gasteiger partial charge on any atom is -0.313 e. The molecule has 22 heavy (non-hydrogen) atoms. The molecule has 3 rings (SSSR count). The number of aryl methyl sites for hydroxylation is 1. The highest BCUT2D eigenvalue weighted by Crippen LogP contribution is 2.26. The van der Waals surface area contributed by atoms with E-state index in [2.05, 4.69) is 16.3 Å². The van der Waals surface area contributed by atoms with E-state index >= 15 is 0 Å². The second-order valence-corrected chi connectivity index (χ2v) is 5.75. The van der Waals surface area contributed by atoms with Crippen molar-refractivity contribution < 1.29 is 4.79 Å². The normalized spacial score (nSPS) is 15.5. The van der Waals surface area contributed by atoms with E-state index in [1.54, 1.807) is 24.3 Å².